The minimum Gasteiger partial charge on any atom is -0.448 e. The quantitative estimate of drug-likeness (QED) is 0.664. The molecule has 144 valence electrons. The number of carbonyl (C=O) groups excluding carboxylic acids is 2. The SMILES string of the molecule is CC(OC(=O)c1cncn1-c1ccc(F)cc1)C(=O)NC(C)c1ccccc1. The maximum Gasteiger partial charge on any atom is 0.357 e. The molecule has 28 heavy (non-hydrogen) atoms. The van der Waals surface area contributed by atoms with Gasteiger partial charge in [-0.15, -0.1) is 0 Å². The maximum atomic E-state index is 13.1. The molecule has 7 heteroatoms. The first-order chi connectivity index (χ1) is 13.5. The van der Waals surface area contributed by atoms with Gasteiger partial charge in [-0.1, -0.05) is 30.3 Å². The molecule has 0 aliphatic heterocycles. The molecular weight excluding hydrogens is 361 g/mol. The molecule has 0 aliphatic rings. The minimum atomic E-state index is -0.991. The van der Waals surface area contributed by atoms with Crippen LogP contribution in [0.25, 0.3) is 5.69 Å². The van der Waals surface area contributed by atoms with Crippen LogP contribution in [0, 0.1) is 5.82 Å². The molecule has 1 amide bonds. The Kier molecular flexibility index (Phi) is 5.84. The van der Waals surface area contributed by atoms with Crippen LogP contribution < -0.4 is 5.32 Å². The molecule has 3 aromatic rings. The molecule has 1 aromatic heterocycles. The number of hydrogen-bond donors (Lipinski definition) is 1. The number of imidazole rings is 1. The summed E-state index contributed by atoms with van der Waals surface area (Å²) in [5, 5.41) is 2.82. The van der Waals surface area contributed by atoms with Crippen molar-refractivity contribution in [1.82, 2.24) is 14.9 Å². The highest BCUT2D eigenvalue weighted by Crippen LogP contribution is 2.15. The third-order valence-corrected chi connectivity index (χ3v) is 4.26. The second kappa shape index (κ2) is 8.47. The zero-order valence-corrected chi connectivity index (χ0v) is 15.5. The van der Waals surface area contributed by atoms with Gasteiger partial charge in [0, 0.05) is 5.69 Å². The van der Waals surface area contributed by atoms with Crippen molar-refractivity contribution in [2.24, 2.45) is 0 Å². The van der Waals surface area contributed by atoms with Crippen LogP contribution in [0.1, 0.15) is 35.9 Å². The van der Waals surface area contributed by atoms with E-state index in [9.17, 15) is 14.0 Å². The van der Waals surface area contributed by atoms with Gasteiger partial charge in [0.2, 0.25) is 0 Å². The first-order valence-electron chi connectivity index (χ1n) is 8.80. The van der Waals surface area contributed by atoms with Gasteiger partial charge in [-0.2, -0.15) is 0 Å². The lowest BCUT2D eigenvalue weighted by atomic mass is 10.1. The standard InChI is InChI=1S/C21H20FN3O3/c1-14(16-6-4-3-5-7-16)24-20(26)15(2)28-21(27)19-12-23-13-25(19)18-10-8-17(22)9-11-18/h3-15H,1-2H3,(H,24,26). The van der Waals surface area contributed by atoms with Crippen molar-refractivity contribution in [2.75, 3.05) is 0 Å². The molecule has 0 saturated carbocycles. The lowest BCUT2D eigenvalue weighted by Gasteiger charge is -2.18. The van der Waals surface area contributed by atoms with Gasteiger partial charge in [-0.05, 0) is 43.7 Å². The van der Waals surface area contributed by atoms with Gasteiger partial charge in [0.1, 0.15) is 5.82 Å². The fourth-order valence-electron chi connectivity index (χ4n) is 2.68. The van der Waals surface area contributed by atoms with Gasteiger partial charge < -0.3 is 10.1 Å². The molecule has 0 saturated heterocycles. The third-order valence-electron chi connectivity index (χ3n) is 4.26. The molecular formula is C21H20FN3O3. The molecule has 1 N–H and O–H groups in total. The monoisotopic (exact) mass is 381 g/mol. The van der Waals surface area contributed by atoms with Gasteiger partial charge in [-0.3, -0.25) is 9.36 Å². The molecule has 0 fully saturated rings. The van der Waals surface area contributed by atoms with Crippen LogP contribution in [0.2, 0.25) is 0 Å². The predicted octanol–water partition coefficient (Wildman–Crippen LogP) is 3.43. The summed E-state index contributed by atoms with van der Waals surface area (Å²) in [4.78, 5) is 28.8. The van der Waals surface area contributed by atoms with E-state index in [-0.39, 0.29) is 17.6 Å². The summed E-state index contributed by atoms with van der Waals surface area (Å²) in [5.41, 5.74) is 1.65. The average Bonchev–Trinajstić information content (AvgIpc) is 3.19. The van der Waals surface area contributed by atoms with Crippen molar-refractivity contribution in [1.29, 1.82) is 0 Å². The summed E-state index contributed by atoms with van der Waals surface area (Å²) in [6, 6.07) is 14.9. The number of hydrogen-bond acceptors (Lipinski definition) is 4. The lowest BCUT2D eigenvalue weighted by Crippen LogP contribution is -2.37. The van der Waals surface area contributed by atoms with Gasteiger partial charge in [-0.25, -0.2) is 14.2 Å². The molecule has 2 unspecified atom stereocenters. The van der Waals surface area contributed by atoms with Crippen molar-refractivity contribution in [3.8, 4) is 5.69 Å². The van der Waals surface area contributed by atoms with Gasteiger partial charge in [0.15, 0.2) is 11.8 Å². The molecule has 1 heterocycles. The molecule has 3 rings (SSSR count). The number of aromatic nitrogens is 2. The first kappa shape index (κ1) is 19.3. The van der Waals surface area contributed by atoms with E-state index in [4.69, 9.17) is 4.74 Å². The molecule has 0 aliphatic carbocycles. The van der Waals surface area contributed by atoms with E-state index in [1.807, 2.05) is 37.3 Å². The Balaban J connectivity index is 1.65. The minimum absolute atomic E-state index is 0.141. The summed E-state index contributed by atoms with van der Waals surface area (Å²) >= 11 is 0. The first-order valence-corrected chi connectivity index (χ1v) is 8.80. The van der Waals surface area contributed by atoms with Crippen LogP contribution in [0.3, 0.4) is 0 Å². The Morgan fingerprint density at radius 3 is 2.43 bits per heavy atom. The number of benzene rings is 2. The van der Waals surface area contributed by atoms with Crippen LogP contribution in [0.15, 0.2) is 67.1 Å². The van der Waals surface area contributed by atoms with Crippen molar-refractivity contribution in [3.05, 3.63) is 84.2 Å². The third kappa shape index (κ3) is 4.43. The highest BCUT2D eigenvalue weighted by Gasteiger charge is 2.23. The number of esters is 1. The summed E-state index contributed by atoms with van der Waals surface area (Å²) in [7, 11) is 0. The molecule has 2 aromatic carbocycles. The molecule has 6 nitrogen and oxygen atoms in total. The van der Waals surface area contributed by atoms with Crippen LogP contribution in [-0.4, -0.2) is 27.5 Å². The fourth-order valence-corrected chi connectivity index (χ4v) is 2.68. The number of nitrogens with one attached hydrogen (secondary N) is 1. The van der Waals surface area contributed by atoms with E-state index >= 15 is 0 Å². The topological polar surface area (TPSA) is 73.2 Å². The van der Waals surface area contributed by atoms with Gasteiger partial charge in [0.05, 0.1) is 18.6 Å². The zero-order chi connectivity index (χ0) is 20.1. The van der Waals surface area contributed by atoms with Crippen LogP contribution in [-0.2, 0) is 9.53 Å². The van der Waals surface area contributed by atoms with E-state index < -0.39 is 18.0 Å². The Morgan fingerprint density at radius 2 is 1.75 bits per heavy atom. The Labute approximate surface area is 162 Å². The summed E-state index contributed by atoms with van der Waals surface area (Å²) in [6.45, 7) is 3.36. The number of amides is 1. The summed E-state index contributed by atoms with van der Waals surface area (Å²) in [5.74, 6) is -1.49. The van der Waals surface area contributed by atoms with Crippen molar-refractivity contribution in [3.63, 3.8) is 0 Å². The fraction of sp³-hybridized carbons (Fsp3) is 0.190. The van der Waals surface area contributed by atoms with Crippen LogP contribution >= 0.6 is 0 Å². The largest absolute Gasteiger partial charge is 0.448 e. The average molecular weight is 381 g/mol. The normalized spacial score (nSPS) is 12.8. The van der Waals surface area contributed by atoms with Crippen LogP contribution in [0.5, 0.6) is 0 Å². The van der Waals surface area contributed by atoms with Crippen molar-refractivity contribution in [2.45, 2.75) is 26.0 Å². The van der Waals surface area contributed by atoms with Crippen molar-refractivity contribution < 1.29 is 18.7 Å². The maximum absolute atomic E-state index is 13.1. The Bertz CT molecular complexity index is 955. The van der Waals surface area contributed by atoms with E-state index in [0.717, 1.165) is 5.56 Å². The number of nitrogens with zero attached hydrogens (tertiary/aromatic N) is 2. The second-order valence-corrected chi connectivity index (χ2v) is 6.31. The zero-order valence-electron chi connectivity index (χ0n) is 15.5. The summed E-state index contributed by atoms with van der Waals surface area (Å²) < 4.78 is 19.9. The second-order valence-electron chi connectivity index (χ2n) is 6.31. The molecule has 0 radical (unpaired) electrons. The molecule has 0 spiro atoms. The van der Waals surface area contributed by atoms with E-state index in [2.05, 4.69) is 10.3 Å². The van der Waals surface area contributed by atoms with Gasteiger partial charge in [0.25, 0.3) is 5.91 Å². The Hall–Kier alpha value is -3.48. The van der Waals surface area contributed by atoms with E-state index in [1.54, 1.807) is 0 Å². The summed E-state index contributed by atoms with van der Waals surface area (Å²) in [6.07, 6.45) is 1.77. The number of rotatable bonds is 6. The Morgan fingerprint density at radius 1 is 1.07 bits per heavy atom. The smallest absolute Gasteiger partial charge is 0.357 e. The lowest BCUT2D eigenvalue weighted by molar-refractivity contribution is -0.129. The molecule has 2 atom stereocenters. The van der Waals surface area contributed by atoms with E-state index in [1.165, 1.54) is 48.3 Å². The molecule has 0 bridgehead atoms. The van der Waals surface area contributed by atoms with Crippen molar-refractivity contribution >= 4 is 11.9 Å². The van der Waals surface area contributed by atoms with Gasteiger partial charge >= 0.3 is 5.97 Å². The van der Waals surface area contributed by atoms with Crippen LogP contribution in [0.4, 0.5) is 4.39 Å². The highest BCUT2D eigenvalue weighted by molar-refractivity contribution is 5.91. The highest BCUT2D eigenvalue weighted by atomic mass is 19.1. The number of halogens is 1. The number of ether oxygens (including phenoxy) is 1. The predicted molar refractivity (Wildman–Crippen MR) is 101 cm³/mol. The van der Waals surface area contributed by atoms with E-state index in [0.29, 0.717) is 5.69 Å². The number of carbonyl (C=O) groups is 2.